The van der Waals surface area contributed by atoms with Gasteiger partial charge in [-0.2, -0.15) is 0 Å². The zero-order valence-corrected chi connectivity index (χ0v) is 66.1. The fraction of sp³-hybridized carbons (Fsp3) is 0.333. The summed E-state index contributed by atoms with van der Waals surface area (Å²) in [4.78, 5) is 44.9. The summed E-state index contributed by atoms with van der Waals surface area (Å²) in [5, 5.41) is 25.6. The van der Waals surface area contributed by atoms with Gasteiger partial charge in [0, 0.05) is 44.8 Å². The average Bonchev–Trinajstić information content (AvgIpc) is 1.68. The van der Waals surface area contributed by atoms with Gasteiger partial charge in [-0.3, -0.25) is 0 Å². The van der Waals surface area contributed by atoms with Crippen LogP contribution in [-0.4, -0.2) is 94.5 Å². The Bertz CT molecular complexity index is 4450. The molecule has 0 aliphatic carbocycles. The van der Waals surface area contributed by atoms with E-state index in [-0.39, 0.29) is 16.5 Å². The van der Waals surface area contributed by atoms with Gasteiger partial charge in [0.1, 0.15) is 0 Å². The molecule has 8 aromatic carbocycles. The quantitative estimate of drug-likeness (QED) is 0.139. The van der Waals surface area contributed by atoms with Crippen LogP contribution in [0, 0.1) is 0 Å². The summed E-state index contributed by atoms with van der Waals surface area (Å²) in [5.74, 6) is 2.34. The van der Waals surface area contributed by atoms with E-state index in [0.29, 0.717) is 45.9 Å². The van der Waals surface area contributed by atoms with Crippen LogP contribution in [0.5, 0.6) is 0 Å². The first-order valence-corrected chi connectivity index (χ1v) is 59.8. The van der Waals surface area contributed by atoms with Crippen LogP contribution in [0.25, 0.3) is 133 Å². The monoisotopic (exact) mass is 1350 g/mol. The third-order valence-corrected chi connectivity index (χ3v) is 35.8. The summed E-state index contributed by atoms with van der Waals surface area (Å²) in [7, 11) is -14.2. The van der Waals surface area contributed by atoms with Crippen LogP contribution in [0.1, 0.15) is 0 Å². The van der Waals surface area contributed by atoms with Crippen molar-refractivity contribution in [3.8, 4) is 45.6 Å². The van der Waals surface area contributed by atoms with E-state index < -0.39 is 64.6 Å². The van der Waals surface area contributed by atoms with Gasteiger partial charge in [-0.25, -0.2) is 9.97 Å². The zero-order chi connectivity index (χ0) is 63.4. The molecule has 0 N–H and O–H groups in total. The summed E-state index contributed by atoms with van der Waals surface area (Å²) in [5.41, 5.74) is 6.09. The Labute approximate surface area is 545 Å². The summed E-state index contributed by atoms with van der Waals surface area (Å²) in [6.07, 6.45) is 0. The maximum absolute atomic E-state index is 5.67. The molecule has 0 saturated heterocycles. The Kier molecular flexibility index (Phi) is 14.8. The molecule has 8 nitrogen and oxygen atoms in total. The Morgan fingerprint density at radius 2 is 0.348 bits per heavy atom. The average molecular weight is 1350 g/mol. The minimum atomic E-state index is -1.77. The van der Waals surface area contributed by atoms with Crippen molar-refractivity contribution in [2.45, 2.75) is 157 Å². The molecule has 0 unspecified atom stereocenters. The molecular formula is C72H88N8NiSi8. The molecule has 5 heterocycles. The molecule has 0 fully saturated rings. The van der Waals surface area contributed by atoms with Crippen LogP contribution in [0.2, 0.25) is 157 Å². The SMILES string of the molecule is C[Si](C)(C)c1cc2cc3c(cc2cc1[Si](C)(C)C)-c1nc-3nc2[n-]c(nc3nc(nc4[n-]c(n1)c1cc5cc([Si](C)(C)C)c([Si](C)(C)C)cc5cc41)-c1cc4cc([Si](C)(C)C)c([Si](C)(C)C)cc4cc1-3)c1cc3cc([Si](C)(C)C)c([Si](C)(C)C)cc3cc21.[Ni+2]. The summed E-state index contributed by atoms with van der Waals surface area (Å²) in [6.45, 7) is 59.5. The van der Waals surface area contributed by atoms with Crippen molar-refractivity contribution in [3.63, 3.8) is 0 Å². The van der Waals surface area contributed by atoms with E-state index in [2.05, 4.69) is 254 Å². The molecule has 3 aromatic heterocycles. The first-order valence-electron chi connectivity index (χ1n) is 31.8. The van der Waals surface area contributed by atoms with Crippen molar-refractivity contribution >= 4 is 193 Å². The van der Waals surface area contributed by atoms with Crippen molar-refractivity contribution in [2.75, 3.05) is 0 Å². The molecule has 0 atom stereocenters. The third kappa shape index (κ3) is 11.2. The van der Waals surface area contributed by atoms with E-state index in [1.807, 2.05) is 0 Å². The molecule has 458 valence electrons. The predicted octanol–water partition coefficient (Wildman–Crippen LogP) is 15.1. The number of benzene rings is 8. The summed E-state index contributed by atoms with van der Waals surface area (Å²) in [6, 6.07) is 38.6. The van der Waals surface area contributed by atoms with Crippen molar-refractivity contribution in [1.29, 1.82) is 0 Å². The minimum Gasteiger partial charge on any atom is -0.357 e. The molecule has 17 heteroatoms. The molecule has 0 radical (unpaired) electrons. The molecule has 2 aliphatic heterocycles. The van der Waals surface area contributed by atoms with E-state index in [1.54, 1.807) is 0 Å². The maximum atomic E-state index is 5.67. The smallest absolute Gasteiger partial charge is 0.357 e. The van der Waals surface area contributed by atoms with Crippen LogP contribution in [0.4, 0.5) is 0 Å². The molecule has 2 aliphatic rings. The Morgan fingerprint density at radius 1 is 0.202 bits per heavy atom. The number of hydrogen-bond acceptors (Lipinski definition) is 6. The van der Waals surface area contributed by atoms with E-state index >= 15 is 0 Å². The molecule has 0 saturated carbocycles. The molecule has 0 spiro atoms. The Morgan fingerprint density at radius 3 is 0.494 bits per heavy atom. The van der Waals surface area contributed by atoms with Gasteiger partial charge in [-0.1, -0.05) is 247 Å². The van der Waals surface area contributed by atoms with Crippen molar-refractivity contribution in [1.82, 2.24) is 39.9 Å². The van der Waals surface area contributed by atoms with Crippen LogP contribution in [0.3, 0.4) is 0 Å². The summed E-state index contributed by atoms with van der Waals surface area (Å²) >= 11 is 0. The normalized spacial score (nSPS) is 13.8. The second-order valence-corrected chi connectivity index (χ2v) is 74.4. The van der Waals surface area contributed by atoms with Crippen LogP contribution >= 0.6 is 0 Å². The largest absolute Gasteiger partial charge is 2.00 e. The fourth-order valence-electron chi connectivity index (χ4n) is 13.8. The number of rotatable bonds is 8. The van der Waals surface area contributed by atoms with Gasteiger partial charge in [-0.05, 0) is 113 Å². The second kappa shape index (κ2) is 20.7. The fourth-order valence-corrected chi connectivity index (χ4v) is 34.6. The molecule has 11 aromatic rings. The van der Waals surface area contributed by atoms with E-state index in [9.17, 15) is 0 Å². The molecule has 0 amide bonds. The summed E-state index contributed by atoms with van der Waals surface area (Å²) < 4.78 is 0. The van der Waals surface area contributed by atoms with E-state index in [1.165, 1.54) is 84.6 Å². The Hall–Kier alpha value is -5.61. The molecule has 13 rings (SSSR count). The van der Waals surface area contributed by atoms with E-state index in [4.69, 9.17) is 39.9 Å². The number of nitrogens with zero attached hydrogens (tertiary/aromatic N) is 8. The van der Waals surface area contributed by atoms with Crippen LogP contribution in [-0.2, 0) is 16.5 Å². The van der Waals surface area contributed by atoms with Crippen molar-refractivity contribution < 1.29 is 16.5 Å². The van der Waals surface area contributed by atoms with Gasteiger partial charge in [0.2, 0.25) is 0 Å². The van der Waals surface area contributed by atoms with Gasteiger partial charge in [-0.15, -0.1) is 0 Å². The predicted molar refractivity (Wildman–Crippen MR) is 408 cm³/mol. The van der Waals surface area contributed by atoms with E-state index in [0.717, 1.165) is 43.8 Å². The molecular weight excluding hydrogens is 1260 g/mol. The molecule has 8 bridgehead atoms. The zero-order valence-electron chi connectivity index (χ0n) is 57.1. The third-order valence-electron chi connectivity index (χ3n) is 18.5. The first-order chi connectivity index (χ1) is 40.6. The first kappa shape index (κ1) is 63.5. The standard InChI is InChI=1S/C72H88N8Si8.Ni/c1-81(2,3)57-33-41-25-49-50(26-42(41)34-58(57)82(4,5)6)66-73-65(49)77-67-51-27-43-35-59(83(7,8)9)60(84(10,11)12)36-44(43)28-52(51)69(74-67)79-71-55-31-47-39-63(87(19,20)21)64(88(22,23)24)40-48(47)32-56(55)72(76-71)80-70-54-30-46-38-62(86(16,17)18)61(85(13,14)15)37-45(46)29-53(54)68(75-70)78-66;/h25-40H,1-24H3;/q-2;+2. The van der Waals surface area contributed by atoms with Gasteiger partial charge in [0.25, 0.3) is 0 Å². The molecule has 89 heavy (non-hydrogen) atoms. The topological polar surface area (TPSA) is 106 Å². The van der Waals surface area contributed by atoms with Gasteiger partial charge < -0.3 is 29.9 Å². The van der Waals surface area contributed by atoms with Gasteiger partial charge >= 0.3 is 16.5 Å². The Balaban J connectivity index is 0.00000769. The minimum absolute atomic E-state index is 0. The maximum Gasteiger partial charge on any atom is 2.00 e. The van der Waals surface area contributed by atoms with Crippen molar-refractivity contribution in [3.05, 3.63) is 97.1 Å². The second-order valence-electron chi connectivity index (χ2n) is 34.1. The number of hydrogen-bond donors (Lipinski definition) is 0. The van der Waals surface area contributed by atoms with Crippen LogP contribution in [0.15, 0.2) is 97.1 Å². The van der Waals surface area contributed by atoms with Gasteiger partial charge in [0.05, 0.1) is 87.9 Å². The van der Waals surface area contributed by atoms with Crippen molar-refractivity contribution in [2.24, 2.45) is 0 Å². The van der Waals surface area contributed by atoms with Crippen LogP contribution < -0.4 is 51.5 Å². The number of fused-ring (bicyclic) bond motifs is 24. The van der Waals surface area contributed by atoms with Gasteiger partial charge in [0.15, 0.2) is 0 Å². The number of aromatic nitrogens is 8.